The van der Waals surface area contributed by atoms with Crippen LogP contribution in [-0.4, -0.2) is 23.7 Å². The molecule has 0 unspecified atom stereocenters. The number of hydrogen-bond donors (Lipinski definition) is 0. The summed E-state index contributed by atoms with van der Waals surface area (Å²) in [7, 11) is 1.71. The number of hydrogen-bond acceptors (Lipinski definition) is 4. The lowest BCUT2D eigenvalue weighted by molar-refractivity contribution is 0.239. The highest BCUT2D eigenvalue weighted by Gasteiger charge is 2.26. The summed E-state index contributed by atoms with van der Waals surface area (Å²) in [5, 5.41) is 4.10. The van der Waals surface area contributed by atoms with E-state index in [4.69, 9.17) is 9.26 Å². The predicted molar refractivity (Wildman–Crippen MR) is 76.6 cm³/mol. The molecular weight excluding hydrogens is 252 g/mol. The fourth-order valence-corrected chi connectivity index (χ4v) is 2.94. The minimum atomic E-state index is 0.446. The first-order valence-corrected chi connectivity index (χ1v) is 7.06. The number of ether oxygens (including phenoxy) is 1. The number of aryl methyl sites for hydroxylation is 1. The molecule has 0 amide bonds. The molecule has 1 aliphatic heterocycles. The van der Waals surface area contributed by atoms with Gasteiger partial charge in [-0.25, -0.2) is 0 Å². The average Bonchev–Trinajstić information content (AvgIpc) is 3.08. The molecule has 1 atom stereocenters. The third-order valence-electron chi connectivity index (χ3n) is 3.88. The largest absolute Gasteiger partial charge is 0.497 e. The molecule has 0 spiro atoms. The first kappa shape index (κ1) is 13.2. The Bertz CT molecular complexity index is 579. The lowest BCUT2D eigenvalue weighted by atomic mass is 10.0. The van der Waals surface area contributed by atoms with Crippen molar-refractivity contribution in [3.8, 4) is 5.75 Å². The Balaban J connectivity index is 1.77. The maximum absolute atomic E-state index is 5.33. The molecule has 0 N–H and O–H groups in total. The summed E-state index contributed by atoms with van der Waals surface area (Å²) in [6.45, 7) is 3.88. The van der Waals surface area contributed by atoms with Crippen LogP contribution >= 0.6 is 0 Å². The highest BCUT2D eigenvalue weighted by Crippen LogP contribution is 2.34. The standard InChI is InChI=1S/C16H20N2O2/c1-12-9-14(17-20-12)11-18-8-4-7-16(18)13-5-3-6-15(10-13)19-2/h3,5-6,9-10,16H,4,7-8,11H2,1-2H3/t16-/m1/s1. The van der Waals surface area contributed by atoms with Crippen LogP contribution in [0.25, 0.3) is 0 Å². The Kier molecular flexibility index (Phi) is 3.74. The molecular formula is C16H20N2O2. The Morgan fingerprint density at radius 3 is 3.05 bits per heavy atom. The molecule has 1 aliphatic rings. The van der Waals surface area contributed by atoms with Crippen molar-refractivity contribution in [2.75, 3.05) is 13.7 Å². The monoisotopic (exact) mass is 272 g/mol. The number of likely N-dealkylation sites (tertiary alicyclic amines) is 1. The van der Waals surface area contributed by atoms with Crippen molar-refractivity contribution in [2.24, 2.45) is 0 Å². The number of benzene rings is 1. The first-order chi connectivity index (χ1) is 9.76. The van der Waals surface area contributed by atoms with E-state index >= 15 is 0 Å². The molecule has 1 fully saturated rings. The van der Waals surface area contributed by atoms with Crippen molar-refractivity contribution >= 4 is 0 Å². The van der Waals surface area contributed by atoms with E-state index in [-0.39, 0.29) is 0 Å². The van der Waals surface area contributed by atoms with Crippen LogP contribution < -0.4 is 4.74 Å². The molecule has 0 radical (unpaired) electrons. The zero-order valence-corrected chi connectivity index (χ0v) is 12.0. The molecule has 4 nitrogen and oxygen atoms in total. The molecule has 20 heavy (non-hydrogen) atoms. The van der Waals surface area contributed by atoms with E-state index in [1.807, 2.05) is 19.1 Å². The fraction of sp³-hybridized carbons (Fsp3) is 0.438. The molecule has 106 valence electrons. The van der Waals surface area contributed by atoms with Gasteiger partial charge in [-0.3, -0.25) is 4.90 Å². The molecule has 2 aromatic rings. The molecule has 1 saturated heterocycles. The van der Waals surface area contributed by atoms with Crippen LogP contribution in [0.5, 0.6) is 5.75 Å². The van der Waals surface area contributed by atoms with Crippen LogP contribution in [0.1, 0.15) is 35.9 Å². The van der Waals surface area contributed by atoms with Gasteiger partial charge >= 0.3 is 0 Å². The van der Waals surface area contributed by atoms with Gasteiger partial charge in [0.1, 0.15) is 11.5 Å². The summed E-state index contributed by atoms with van der Waals surface area (Å²) in [4.78, 5) is 2.46. The third-order valence-corrected chi connectivity index (χ3v) is 3.88. The fourth-order valence-electron chi connectivity index (χ4n) is 2.94. The predicted octanol–water partition coefficient (Wildman–Crippen LogP) is 3.33. The van der Waals surface area contributed by atoms with Crippen LogP contribution in [0.4, 0.5) is 0 Å². The van der Waals surface area contributed by atoms with E-state index in [0.717, 1.165) is 30.3 Å². The molecule has 4 heteroatoms. The van der Waals surface area contributed by atoms with E-state index < -0.39 is 0 Å². The van der Waals surface area contributed by atoms with Crippen molar-refractivity contribution in [3.05, 3.63) is 47.3 Å². The molecule has 0 bridgehead atoms. The number of nitrogens with zero attached hydrogens (tertiary/aromatic N) is 2. The van der Waals surface area contributed by atoms with Crippen LogP contribution in [0.2, 0.25) is 0 Å². The third kappa shape index (κ3) is 2.70. The van der Waals surface area contributed by atoms with Gasteiger partial charge in [-0.15, -0.1) is 0 Å². The van der Waals surface area contributed by atoms with E-state index in [1.165, 1.54) is 18.4 Å². The van der Waals surface area contributed by atoms with E-state index in [2.05, 4.69) is 28.3 Å². The Morgan fingerprint density at radius 1 is 1.40 bits per heavy atom. The van der Waals surface area contributed by atoms with Crippen molar-refractivity contribution in [1.82, 2.24) is 10.1 Å². The highest BCUT2D eigenvalue weighted by molar-refractivity contribution is 5.31. The second kappa shape index (κ2) is 5.67. The minimum absolute atomic E-state index is 0.446. The Morgan fingerprint density at radius 2 is 2.30 bits per heavy atom. The Hall–Kier alpha value is -1.81. The van der Waals surface area contributed by atoms with Gasteiger partial charge in [-0.05, 0) is 44.0 Å². The summed E-state index contributed by atoms with van der Waals surface area (Å²) in [6, 6.07) is 10.8. The Labute approximate surface area is 119 Å². The topological polar surface area (TPSA) is 38.5 Å². The average molecular weight is 272 g/mol. The number of methoxy groups -OCH3 is 1. The zero-order valence-electron chi connectivity index (χ0n) is 12.0. The lowest BCUT2D eigenvalue weighted by Crippen LogP contribution is -2.22. The zero-order chi connectivity index (χ0) is 13.9. The maximum Gasteiger partial charge on any atom is 0.133 e. The van der Waals surface area contributed by atoms with E-state index in [0.29, 0.717) is 6.04 Å². The highest BCUT2D eigenvalue weighted by atomic mass is 16.5. The van der Waals surface area contributed by atoms with Gasteiger partial charge in [0.25, 0.3) is 0 Å². The smallest absolute Gasteiger partial charge is 0.133 e. The summed E-state index contributed by atoms with van der Waals surface area (Å²) in [6.07, 6.45) is 2.41. The van der Waals surface area contributed by atoms with Crippen molar-refractivity contribution in [1.29, 1.82) is 0 Å². The van der Waals surface area contributed by atoms with Gasteiger partial charge in [0.05, 0.1) is 12.8 Å². The molecule has 0 saturated carbocycles. The van der Waals surface area contributed by atoms with E-state index in [9.17, 15) is 0 Å². The summed E-state index contributed by atoms with van der Waals surface area (Å²) in [5.41, 5.74) is 2.33. The van der Waals surface area contributed by atoms with Gasteiger partial charge in [0.2, 0.25) is 0 Å². The molecule has 1 aromatic carbocycles. The van der Waals surface area contributed by atoms with Gasteiger partial charge in [0, 0.05) is 18.7 Å². The van der Waals surface area contributed by atoms with Gasteiger partial charge < -0.3 is 9.26 Å². The van der Waals surface area contributed by atoms with Crippen LogP contribution in [0.15, 0.2) is 34.9 Å². The first-order valence-electron chi connectivity index (χ1n) is 7.06. The molecule has 1 aromatic heterocycles. The van der Waals surface area contributed by atoms with Crippen LogP contribution in [0.3, 0.4) is 0 Å². The second-order valence-corrected chi connectivity index (χ2v) is 5.33. The van der Waals surface area contributed by atoms with Crippen LogP contribution in [-0.2, 0) is 6.54 Å². The second-order valence-electron chi connectivity index (χ2n) is 5.33. The lowest BCUT2D eigenvalue weighted by Gasteiger charge is -2.24. The van der Waals surface area contributed by atoms with Gasteiger partial charge in [-0.1, -0.05) is 17.3 Å². The van der Waals surface area contributed by atoms with Crippen molar-refractivity contribution in [3.63, 3.8) is 0 Å². The van der Waals surface area contributed by atoms with Gasteiger partial charge in [0.15, 0.2) is 0 Å². The van der Waals surface area contributed by atoms with Crippen molar-refractivity contribution < 1.29 is 9.26 Å². The summed E-state index contributed by atoms with van der Waals surface area (Å²) < 4.78 is 10.5. The molecule has 2 heterocycles. The maximum atomic E-state index is 5.33. The normalized spacial score (nSPS) is 19.4. The summed E-state index contributed by atoms with van der Waals surface area (Å²) in [5.74, 6) is 1.80. The van der Waals surface area contributed by atoms with Crippen LogP contribution in [0, 0.1) is 6.92 Å². The SMILES string of the molecule is COc1cccc([C@H]2CCCN2Cc2cc(C)on2)c1. The van der Waals surface area contributed by atoms with Crippen molar-refractivity contribution in [2.45, 2.75) is 32.4 Å². The van der Waals surface area contributed by atoms with E-state index in [1.54, 1.807) is 7.11 Å². The quantitative estimate of drug-likeness (QED) is 0.855. The minimum Gasteiger partial charge on any atom is -0.497 e. The van der Waals surface area contributed by atoms with Gasteiger partial charge in [-0.2, -0.15) is 0 Å². The summed E-state index contributed by atoms with van der Waals surface area (Å²) >= 11 is 0. The number of aromatic nitrogens is 1. The molecule has 3 rings (SSSR count). The number of rotatable bonds is 4. The molecule has 0 aliphatic carbocycles.